The molecule has 1 atom stereocenters. The Balaban J connectivity index is 0.00000242. The number of aromatic nitrogens is 1. The lowest BCUT2D eigenvalue weighted by Gasteiger charge is -2.10. The number of benzene rings is 1. The summed E-state index contributed by atoms with van der Waals surface area (Å²) in [5.74, 6) is 1.04. The average molecular weight is 359 g/mol. The lowest BCUT2D eigenvalue weighted by Crippen LogP contribution is -2.33. The molecule has 2 rings (SSSR count). The largest absolute Gasteiger partial charge is 0.468 e. The summed E-state index contributed by atoms with van der Waals surface area (Å²) < 4.78 is 10.3. The maximum atomic E-state index is 11.3. The number of rotatable bonds is 5. The number of nitrogens with zero attached hydrogens (tertiary/aromatic N) is 1. The molecule has 126 valence electrons. The van der Waals surface area contributed by atoms with Crippen molar-refractivity contribution in [2.75, 3.05) is 7.11 Å². The molecule has 0 spiro atoms. The molecule has 2 aromatic rings. The first kappa shape index (κ1) is 21.2. The topological polar surface area (TPSA) is 74.4 Å². The van der Waals surface area contributed by atoms with E-state index >= 15 is 0 Å². The standard InChI is InChI=1S/C16H18N2O3.2ClH/c1-11-9-14(7-8-18-11)21-13-5-3-12(4-6-13)10-15(17)16(19)20-2;;/h3-9,15H,10,17H2,1-2H3;2*1H. The van der Waals surface area contributed by atoms with Crippen LogP contribution in [-0.4, -0.2) is 24.1 Å². The van der Waals surface area contributed by atoms with E-state index in [0.717, 1.165) is 22.8 Å². The average Bonchev–Trinajstić information content (AvgIpc) is 2.48. The summed E-state index contributed by atoms with van der Waals surface area (Å²) in [6.07, 6.45) is 2.13. The van der Waals surface area contributed by atoms with Crippen LogP contribution in [0.2, 0.25) is 0 Å². The number of hydrogen-bond donors (Lipinski definition) is 1. The Morgan fingerprint density at radius 1 is 1.17 bits per heavy atom. The van der Waals surface area contributed by atoms with Crippen molar-refractivity contribution in [1.29, 1.82) is 0 Å². The molecule has 23 heavy (non-hydrogen) atoms. The Hall–Kier alpha value is -1.82. The van der Waals surface area contributed by atoms with Gasteiger partial charge in [0.15, 0.2) is 0 Å². The predicted molar refractivity (Wildman–Crippen MR) is 93.7 cm³/mol. The van der Waals surface area contributed by atoms with Gasteiger partial charge in [-0.3, -0.25) is 9.78 Å². The third-order valence-corrected chi connectivity index (χ3v) is 2.99. The Labute approximate surface area is 148 Å². The monoisotopic (exact) mass is 358 g/mol. The van der Waals surface area contributed by atoms with Gasteiger partial charge in [-0.05, 0) is 37.1 Å². The van der Waals surface area contributed by atoms with Crippen molar-refractivity contribution >= 4 is 30.8 Å². The molecule has 5 nitrogen and oxygen atoms in total. The summed E-state index contributed by atoms with van der Waals surface area (Å²) in [5, 5.41) is 0. The van der Waals surface area contributed by atoms with Gasteiger partial charge >= 0.3 is 5.97 Å². The molecule has 0 radical (unpaired) electrons. The number of methoxy groups -OCH3 is 1. The highest BCUT2D eigenvalue weighted by Gasteiger charge is 2.14. The molecule has 7 heteroatoms. The first-order valence-electron chi connectivity index (χ1n) is 6.61. The lowest BCUT2D eigenvalue weighted by atomic mass is 10.1. The molecule has 0 amide bonds. The van der Waals surface area contributed by atoms with Crippen molar-refractivity contribution in [3.8, 4) is 11.5 Å². The molecule has 0 aliphatic rings. The molecule has 0 bridgehead atoms. The van der Waals surface area contributed by atoms with E-state index in [2.05, 4.69) is 9.72 Å². The number of hydrogen-bond acceptors (Lipinski definition) is 5. The maximum absolute atomic E-state index is 11.3. The van der Waals surface area contributed by atoms with Crippen LogP contribution >= 0.6 is 24.8 Å². The lowest BCUT2D eigenvalue weighted by molar-refractivity contribution is -0.142. The van der Waals surface area contributed by atoms with E-state index in [1.807, 2.05) is 37.3 Å². The highest BCUT2D eigenvalue weighted by atomic mass is 35.5. The van der Waals surface area contributed by atoms with Crippen molar-refractivity contribution in [3.05, 3.63) is 53.9 Å². The van der Waals surface area contributed by atoms with Crippen LogP contribution in [0.25, 0.3) is 0 Å². The second-order valence-corrected chi connectivity index (χ2v) is 4.71. The summed E-state index contributed by atoms with van der Waals surface area (Å²) in [6, 6.07) is 10.5. The Kier molecular flexibility index (Phi) is 9.25. The van der Waals surface area contributed by atoms with Crippen LogP contribution in [0.15, 0.2) is 42.6 Å². The number of ether oxygens (including phenoxy) is 2. The van der Waals surface area contributed by atoms with Crippen molar-refractivity contribution in [3.63, 3.8) is 0 Å². The summed E-state index contributed by atoms with van der Waals surface area (Å²) in [5.41, 5.74) is 7.57. The number of aryl methyl sites for hydroxylation is 1. The molecule has 0 fully saturated rings. The number of pyridine rings is 1. The minimum atomic E-state index is -0.649. The zero-order chi connectivity index (χ0) is 15.2. The molecule has 1 aromatic heterocycles. The zero-order valence-corrected chi connectivity index (χ0v) is 14.5. The first-order valence-corrected chi connectivity index (χ1v) is 6.61. The number of halogens is 2. The first-order chi connectivity index (χ1) is 10.1. The van der Waals surface area contributed by atoms with Crippen LogP contribution in [0.4, 0.5) is 0 Å². The van der Waals surface area contributed by atoms with Crippen molar-refractivity contribution in [2.24, 2.45) is 5.73 Å². The third-order valence-electron chi connectivity index (χ3n) is 2.99. The fourth-order valence-electron chi connectivity index (χ4n) is 1.90. The third kappa shape index (κ3) is 6.44. The van der Waals surface area contributed by atoms with Crippen molar-refractivity contribution in [2.45, 2.75) is 19.4 Å². The molecule has 0 aliphatic carbocycles. The molecule has 0 saturated heterocycles. The number of esters is 1. The van der Waals surface area contributed by atoms with Crippen LogP contribution in [0, 0.1) is 6.92 Å². The minimum Gasteiger partial charge on any atom is -0.468 e. The number of carbonyl (C=O) groups is 1. The van der Waals surface area contributed by atoms with E-state index < -0.39 is 12.0 Å². The normalized spacial score (nSPS) is 10.7. The van der Waals surface area contributed by atoms with Gasteiger partial charge in [0.25, 0.3) is 0 Å². The molecule has 1 unspecified atom stereocenters. The van der Waals surface area contributed by atoms with E-state index in [4.69, 9.17) is 10.5 Å². The van der Waals surface area contributed by atoms with E-state index in [1.54, 1.807) is 12.3 Å². The van der Waals surface area contributed by atoms with E-state index in [0.29, 0.717) is 6.42 Å². The molecule has 1 aromatic carbocycles. The minimum absolute atomic E-state index is 0. The van der Waals surface area contributed by atoms with Crippen LogP contribution in [0.3, 0.4) is 0 Å². The number of nitrogens with two attached hydrogens (primary N) is 1. The SMILES string of the molecule is COC(=O)C(N)Cc1ccc(Oc2ccnc(C)c2)cc1.Cl.Cl. The Morgan fingerprint density at radius 3 is 2.39 bits per heavy atom. The highest BCUT2D eigenvalue weighted by molar-refractivity contribution is 5.85. The predicted octanol–water partition coefficient (Wildman–Crippen LogP) is 3.07. The van der Waals surface area contributed by atoms with Gasteiger partial charge in [0.05, 0.1) is 7.11 Å². The summed E-state index contributed by atoms with van der Waals surface area (Å²) in [6.45, 7) is 1.91. The van der Waals surface area contributed by atoms with Gasteiger partial charge in [-0.2, -0.15) is 0 Å². The Morgan fingerprint density at radius 2 is 1.83 bits per heavy atom. The quantitative estimate of drug-likeness (QED) is 0.831. The molecule has 0 saturated carbocycles. The summed E-state index contributed by atoms with van der Waals surface area (Å²) in [4.78, 5) is 15.4. The van der Waals surface area contributed by atoms with E-state index in [1.165, 1.54) is 7.11 Å². The van der Waals surface area contributed by atoms with Gasteiger partial charge in [-0.25, -0.2) is 0 Å². The molecular weight excluding hydrogens is 339 g/mol. The fourth-order valence-corrected chi connectivity index (χ4v) is 1.90. The van der Waals surface area contributed by atoms with Crippen LogP contribution in [0.1, 0.15) is 11.3 Å². The summed E-state index contributed by atoms with van der Waals surface area (Å²) in [7, 11) is 1.33. The van der Waals surface area contributed by atoms with Gasteiger partial charge < -0.3 is 15.2 Å². The second-order valence-electron chi connectivity index (χ2n) is 4.71. The number of carbonyl (C=O) groups excluding carboxylic acids is 1. The van der Waals surface area contributed by atoms with Gasteiger partial charge in [0.1, 0.15) is 17.5 Å². The van der Waals surface area contributed by atoms with Crippen LogP contribution in [-0.2, 0) is 16.0 Å². The molecule has 0 aliphatic heterocycles. The van der Waals surface area contributed by atoms with Crippen LogP contribution < -0.4 is 10.5 Å². The summed E-state index contributed by atoms with van der Waals surface area (Å²) >= 11 is 0. The van der Waals surface area contributed by atoms with Gasteiger partial charge in [-0.1, -0.05) is 12.1 Å². The zero-order valence-electron chi connectivity index (χ0n) is 12.9. The van der Waals surface area contributed by atoms with Gasteiger partial charge in [-0.15, -0.1) is 24.8 Å². The van der Waals surface area contributed by atoms with E-state index in [9.17, 15) is 4.79 Å². The van der Waals surface area contributed by atoms with Gasteiger partial charge in [0, 0.05) is 18.0 Å². The van der Waals surface area contributed by atoms with E-state index in [-0.39, 0.29) is 24.8 Å². The maximum Gasteiger partial charge on any atom is 0.322 e. The van der Waals surface area contributed by atoms with Gasteiger partial charge in [0.2, 0.25) is 0 Å². The van der Waals surface area contributed by atoms with Crippen molar-refractivity contribution in [1.82, 2.24) is 4.98 Å². The molecule has 2 N–H and O–H groups in total. The molecular formula is C16H20Cl2N2O3. The second kappa shape index (κ2) is 10.0. The Bertz CT molecular complexity index is 621. The van der Waals surface area contributed by atoms with Crippen molar-refractivity contribution < 1.29 is 14.3 Å². The smallest absolute Gasteiger partial charge is 0.322 e. The highest BCUT2D eigenvalue weighted by Crippen LogP contribution is 2.22. The molecule has 1 heterocycles. The fraction of sp³-hybridized carbons (Fsp3) is 0.250. The van der Waals surface area contributed by atoms with Crippen LogP contribution in [0.5, 0.6) is 11.5 Å².